The van der Waals surface area contributed by atoms with Crippen molar-refractivity contribution < 1.29 is 0 Å². The van der Waals surface area contributed by atoms with Gasteiger partial charge in [0.25, 0.3) is 0 Å². The zero-order valence-corrected chi connectivity index (χ0v) is 34.6. The van der Waals surface area contributed by atoms with E-state index in [0.29, 0.717) is 0 Å². The van der Waals surface area contributed by atoms with Crippen LogP contribution < -0.4 is 0 Å². The summed E-state index contributed by atoms with van der Waals surface area (Å²) in [5, 5.41) is 13.3. The van der Waals surface area contributed by atoms with E-state index in [-0.39, 0.29) is 0 Å². The van der Waals surface area contributed by atoms with Crippen LogP contribution in [0.3, 0.4) is 0 Å². The van der Waals surface area contributed by atoms with Gasteiger partial charge in [-0.05, 0) is 113 Å². The number of benzene rings is 9. The quantitative estimate of drug-likeness (QED) is 0.167. The van der Waals surface area contributed by atoms with Crippen molar-refractivity contribution in [2.45, 2.75) is 0 Å². The first-order valence-electron chi connectivity index (χ1n) is 19.9. The van der Waals surface area contributed by atoms with Crippen LogP contribution in [0.25, 0.3) is 130 Å². The molecule has 0 saturated carbocycles. The van der Waals surface area contributed by atoms with E-state index >= 15 is 0 Å². The smallest absolute Gasteiger partial charge is 0.0541 e. The summed E-state index contributed by atoms with van der Waals surface area (Å²) < 4.78 is 13.3. The van der Waals surface area contributed by atoms with Gasteiger partial charge in [-0.15, -0.1) is 45.3 Å². The summed E-state index contributed by atoms with van der Waals surface area (Å²) in [6.07, 6.45) is 0. The summed E-state index contributed by atoms with van der Waals surface area (Å²) in [5.74, 6) is 0. The van der Waals surface area contributed by atoms with Crippen molar-refractivity contribution in [3.05, 3.63) is 176 Å². The number of thiophene rings is 4. The first kappa shape index (κ1) is 32.6. The third kappa shape index (κ3) is 4.70. The maximum Gasteiger partial charge on any atom is 0.0541 e. The Kier molecular flexibility index (Phi) is 6.69. The van der Waals surface area contributed by atoms with Crippen LogP contribution in [0.15, 0.2) is 176 Å². The first-order valence-corrected chi connectivity index (χ1v) is 23.2. The Bertz CT molecular complexity index is 4000. The molecule has 0 saturated heterocycles. The summed E-state index contributed by atoms with van der Waals surface area (Å²) >= 11 is 7.62. The third-order valence-corrected chi connectivity index (χ3v) is 17.0. The highest BCUT2D eigenvalue weighted by atomic mass is 32.1. The Morgan fingerprint density at radius 1 is 0.271 bits per heavy atom. The van der Waals surface area contributed by atoms with Crippen molar-refractivity contribution >= 4 is 148 Å². The fourth-order valence-corrected chi connectivity index (χ4v) is 14.4. The van der Waals surface area contributed by atoms with Crippen LogP contribution in [0, 0.1) is 0 Å². The maximum absolute atomic E-state index is 2.44. The summed E-state index contributed by atoms with van der Waals surface area (Å²) in [6.45, 7) is 0. The summed E-state index contributed by atoms with van der Waals surface area (Å²) in [7, 11) is 0. The minimum absolute atomic E-state index is 1.17. The van der Waals surface area contributed by atoms with Gasteiger partial charge in [0.05, 0.1) is 11.0 Å². The van der Waals surface area contributed by atoms with Crippen LogP contribution in [0.5, 0.6) is 0 Å². The van der Waals surface area contributed by atoms with E-state index < -0.39 is 0 Å². The van der Waals surface area contributed by atoms with Crippen molar-refractivity contribution in [3.8, 4) is 27.9 Å². The van der Waals surface area contributed by atoms with Gasteiger partial charge in [-0.1, -0.05) is 84.9 Å². The van der Waals surface area contributed by atoms with Crippen molar-refractivity contribution in [2.75, 3.05) is 0 Å². The lowest BCUT2D eigenvalue weighted by Crippen LogP contribution is -1.93. The SMILES string of the molecule is c1ccc(-n2c3ccc(-c4ccc5sc6cc7sc8ccccc8c7cc6c5c4)cc3c3cc(-c4ccc5sc6c(ccc7sc8ccccc8c76)c5c4)ccc32)cc1. The molecule has 14 rings (SSSR count). The fourth-order valence-electron chi connectivity index (χ4n) is 9.64. The highest BCUT2D eigenvalue weighted by Gasteiger charge is 2.18. The molecule has 0 fully saturated rings. The zero-order chi connectivity index (χ0) is 38.3. The van der Waals surface area contributed by atoms with Gasteiger partial charge in [0.2, 0.25) is 0 Å². The second-order valence-corrected chi connectivity index (χ2v) is 19.9. The normalized spacial score (nSPS) is 12.4. The lowest BCUT2D eigenvalue weighted by atomic mass is 9.98. The molecule has 274 valence electrons. The van der Waals surface area contributed by atoms with Gasteiger partial charge in [0.15, 0.2) is 0 Å². The Morgan fingerprint density at radius 3 is 1.44 bits per heavy atom. The van der Waals surface area contributed by atoms with E-state index in [0.717, 1.165) is 0 Å². The first-order chi connectivity index (χ1) is 29.2. The van der Waals surface area contributed by atoms with Crippen LogP contribution in [0.4, 0.5) is 0 Å². The molecule has 0 N–H and O–H groups in total. The number of aromatic nitrogens is 1. The Hall–Kier alpha value is -6.34. The molecule has 5 aromatic heterocycles. The van der Waals surface area contributed by atoms with E-state index in [1.807, 2.05) is 45.3 Å². The highest BCUT2D eigenvalue weighted by molar-refractivity contribution is 7.30. The highest BCUT2D eigenvalue weighted by Crippen LogP contribution is 2.47. The Balaban J connectivity index is 0.949. The molecule has 14 aromatic rings. The Labute approximate surface area is 353 Å². The van der Waals surface area contributed by atoms with E-state index in [9.17, 15) is 0 Å². The molecule has 9 aromatic carbocycles. The zero-order valence-electron chi connectivity index (χ0n) is 31.3. The number of hydrogen-bond donors (Lipinski definition) is 0. The van der Waals surface area contributed by atoms with Gasteiger partial charge in [0, 0.05) is 97.1 Å². The van der Waals surface area contributed by atoms with Gasteiger partial charge >= 0.3 is 0 Å². The van der Waals surface area contributed by atoms with Crippen LogP contribution >= 0.6 is 45.3 Å². The molecule has 0 aliphatic heterocycles. The van der Waals surface area contributed by atoms with Crippen molar-refractivity contribution in [1.82, 2.24) is 4.57 Å². The number of para-hydroxylation sites is 1. The molecule has 0 atom stereocenters. The van der Waals surface area contributed by atoms with Gasteiger partial charge in [-0.3, -0.25) is 0 Å². The van der Waals surface area contributed by atoms with E-state index in [4.69, 9.17) is 0 Å². The number of fused-ring (bicyclic) bond motifs is 16. The molecular weight excluding hydrogens is 791 g/mol. The fraction of sp³-hybridized carbons (Fsp3) is 0. The molecular formula is C54H29NS4. The minimum atomic E-state index is 1.17. The van der Waals surface area contributed by atoms with Crippen molar-refractivity contribution in [3.63, 3.8) is 0 Å². The average Bonchev–Trinajstić information content (AvgIpc) is 4.10. The summed E-state index contributed by atoms with van der Waals surface area (Å²) in [6, 6.07) is 66.2. The molecule has 0 spiro atoms. The molecule has 1 nitrogen and oxygen atoms in total. The molecule has 0 radical (unpaired) electrons. The molecule has 0 amide bonds. The lowest BCUT2D eigenvalue weighted by molar-refractivity contribution is 1.18. The topological polar surface area (TPSA) is 4.93 Å². The summed E-state index contributed by atoms with van der Waals surface area (Å²) in [5.41, 5.74) is 8.56. The second-order valence-electron chi connectivity index (χ2n) is 15.6. The number of rotatable bonds is 3. The molecule has 0 unspecified atom stereocenters. The van der Waals surface area contributed by atoms with Crippen LogP contribution in [0.1, 0.15) is 0 Å². The van der Waals surface area contributed by atoms with Gasteiger partial charge < -0.3 is 4.57 Å². The number of nitrogens with zero attached hydrogens (tertiary/aromatic N) is 1. The minimum Gasteiger partial charge on any atom is -0.309 e. The predicted octanol–water partition coefficient (Wildman–Crippen LogP) is 17.6. The van der Waals surface area contributed by atoms with Crippen molar-refractivity contribution in [2.24, 2.45) is 0 Å². The molecule has 0 aliphatic carbocycles. The van der Waals surface area contributed by atoms with Crippen LogP contribution in [0.2, 0.25) is 0 Å². The van der Waals surface area contributed by atoms with E-state index in [1.54, 1.807) is 0 Å². The average molecular weight is 820 g/mol. The van der Waals surface area contributed by atoms with Gasteiger partial charge in [-0.2, -0.15) is 0 Å². The van der Waals surface area contributed by atoms with Gasteiger partial charge in [0.1, 0.15) is 0 Å². The van der Waals surface area contributed by atoms with Crippen molar-refractivity contribution in [1.29, 1.82) is 0 Å². The monoisotopic (exact) mass is 819 g/mol. The predicted molar refractivity (Wildman–Crippen MR) is 263 cm³/mol. The standard InChI is InChI=1S/C54H29NS4/c1-2-8-34(9-3-1)55-44-19-14-30(32-17-22-49-40(26-32)36-18-23-50-53(54(36)59-49)37-11-5-7-13-47(37)56-50)24-38(44)39-25-31(15-20-45(39)55)33-16-21-48-41(27-33)43-28-42-35-10-4-6-12-46(35)57-51(42)29-52(43)58-48/h1-29H. The molecule has 59 heavy (non-hydrogen) atoms. The van der Waals surface area contributed by atoms with Crippen LogP contribution in [-0.2, 0) is 0 Å². The lowest BCUT2D eigenvalue weighted by Gasteiger charge is -2.09. The van der Waals surface area contributed by atoms with Crippen LogP contribution in [-0.4, -0.2) is 4.57 Å². The maximum atomic E-state index is 2.44. The molecule has 0 aliphatic rings. The van der Waals surface area contributed by atoms with E-state index in [2.05, 4.69) is 180 Å². The third-order valence-electron chi connectivity index (χ3n) is 12.4. The molecule has 5 heteroatoms. The second kappa shape index (κ2) is 12.1. The van der Waals surface area contributed by atoms with Gasteiger partial charge in [-0.25, -0.2) is 0 Å². The molecule has 5 heterocycles. The number of hydrogen-bond acceptors (Lipinski definition) is 4. The Morgan fingerprint density at radius 2 is 0.746 bits per heavy atom. The molecule has 0 bridgehead atoms. The largest absolute Gasteiger partial charge is 0.309 e. The van der Waals surface area contributed by atoms with E-state index in [1.165, 1.54) is 130 Å². The summed E-state index contributed by atoms with van der Waals surface area (Å²) in [4.78, 5) is 0.